The van der Waals surface area contributed by atoms with Crippen molar-refractivity contribution in [2.45, 2.75) is 32.6 Å². The second-order valence-corrected chi connectivity index (χ2v) is 8.99. The monoisotopic (exact) mass is 455 g/mol. The lowest BCUT2D eigenvalue weighted by atomic mass is 10.1. The number of rotatable bonds is 7. The number of hydrogen-bond acceptors (Lipinski definition) is 6. The van der Waals surface area contributed by atoms with Gasteiger partial charge in [0, 0.05) is 12.6 Å². The van der Waals surface area contributed by atoms with Crippen molar-refractivity contribution < 1.29 is 22.5 Å². The zero-order valence-corrected chi connectivity index (χ0v) is 19.3. The third-order valence-corrected chi connectivity index (χ3v) is 6.26. The van der Waals surface area contributed by atoms with Crippen LogP contribution in [0.5, 0.6) is 5.75 Å². The molecular weight excluding hydrogens is 430 g/mol. The van der Waals surface area contributed by atoms with Crippen LogP contribution in [0.4, 0.5) is 11.4 Å². The Bertz CT molecular complexity index is 1290. The van der Waals surface area contributed by atoms with Gasteiger partial charge in [-0.2, -0.15) is 0 Å². The Labute approximate surface area is 187 Å². The Morgan fingerprint density at radius 2 is 1.81 bits per heavy atom. The summed E-state index contributed by atoms with van der Waals surface area (Å²) in [4.78, 5) is 11.4. The van der Waals surface area contributed by atoms with Crippen molar-refractivity contribution in [2.75, 3.05) is 17.1 Å². The minimum Gasteiger partial charge on any atom is -0.495 e. The Kier molecular flexibility index (Phi) is 6.69. The van der Waals surface area contributed by atoms with Gasteiger partial charge in [-0.25, -0.2) is 8.42 Å². The fourth-order valence-electron chi connectivity index (χ4n) is 3.02. The van der Waals surface area contributed by atoms with Gasteiger partial charge in [0.25, 0.3) is 10.0 Å². The van der Waals surface area contributed by atoms with Gasteiger partial charge < -0.3 is 14.6 Å². The fourth-order valence-corrected chi connectivity index (χ4v) is 4.28. The summed E-state index contributed by atoms with van der Waals surface area (Å²) < 4.78 is 39.3. The summed E-state index contributed by atoms with van der Waals surface area (Å²) >= 11 is 0. The van der Waals surface area contributed by atoms with Crippen molar-refractivity contribution in [3.05, 3.63) is 64.5 Å². The Morgan fingerprint density at radius 1 is 1.06 bits per heavy atom. The van der Waals surface area contributed by atoms with Crippen LogP contribution in [0.15, 0.2) is 45.8 Å². The normalized spacial score (nSPS) is 11.5. The van der Waals surface area contributed by atoms with E-state index in [2.05, 4.69) is 15.2 Å². The van der Waals surface area contributed by atoms with E-state index in [1.807, 2.05) is 19.9 Å². The summed E-state index contributed by atoms with van der Waals surface area (Å²) in [7, 11) is -2.50. The maximum absolute atomic E-state index is 13.1. The molecule has 0 aliphatic rings. The smallest absolute Gasteiger partial charge is 0.265 e. The lowest BCUT2D eigenvalue weighted by Gasteiger charge is -2.13. The molecule has 3 aromatic rings. The van der Waals surface area contributed by atoms with Crippen molar-refractivity contribution >= 4 is 39.5 Å². The van der Waals surface area contributed by atoms with Crippen LogP contribution in [0.2, 0.25) is 0 Å². The van der Waals surface area contributed by atoms with E-state index >= 15 is 0 Å². The zero-order chi connectivity index (χ0) is 23.5. The molecule has 0 spiro atoms. The number of carbonyl (C=O) groups is 1. The third-order valence-electron chi connectivity index (χ3n) is 4.85. The molecule has 0 fully saturated rings. The van der Waals surface area contributed by atoms with Crippen LogP contribution in [-0.4, -0.2) is 26.6 Å². The predicted octanol–water partition coefficient (Wildman–Crippen LogP) is 4.54. The number of carbonyl (C=O) groups excluding carboxylic acids is 1. The molecule has 1 amide bonds. The van der Waals surface area contributed by atoms with Crippen molar-refractivity contribution in [1.82, 2.24) is 5.16 Å². The number of sulfonamides is 1. The van der Waals surface area contributed by atoms with Crippen molar-refractivity contribution in [3.8, 4) is 5.75 Å². The first-order valence-corrected chi connectivity index (χ1v) is 11.3. The molecule has 3 rings (SSSR count). The summed E-state index contributed by atoms with van der Waals surface area (Å²) in [5.74, 6) is 0.320. The fraction of sp³-hybridized carbons (Fsp3) is 0.217. The first-order chi connectivity index (χ1) is 15.1. The standard InChI is InChI=1S/C23H25N3O5S/c1-14-6-9-19(12-15(14)2)26-32(28,29)22-13-18(7-10-20(22)30-5)8-11-21-23(24-17(4)27)16(3)25-31-21/h6-13,26H,1-5H3,(H,24,27). The number of nitrogens with zero attached hydrogens (tertiary/aromatic N) is 1. The molecule has 1 aromatic heterocycles. The molecule has 0 radical (unpaired) electrons. The number of hydrogen-bond donors (Lipinski definition) is 2. The molecule has 0 aliphatic heterocycles. The SMILES string of the molecule is COc1ccc(C=Cc2onc(C)c2NC(C)=O)cc1S(=O)(=O)Nc1ccc(C)c(C)c1. The lowest BCUT2D eigenvalue weighted by molar-refractivity contribution is -0.114. The Hall–Kier alpha value is -3.59. The van der Waals surface area contributed by atoms with Gasteiger partial charge in [-0.3, -0.25) is 9.52 Å². The predicted molar refractivity (Wildman–Crippen MR) is 124 cm³/mol. The molecule has 1 heterocycles. The topological polar surface area (TPSA) is 111 Å². The minimum absolute atomic E-state index is 0.00351. The lowest BCUT2D eigenvalue weighted by Crippen LogP contribution is -2.14. The molecule has 2 aromatic carbocycles. The van der Waals surface area contributed by atoms with Crippen molar-refractivity contribution in [1.29, 1.82) is 0 Å². The summed E-state index contributed by atoms with van der Waals surface area (Å²) in [5, 5.41) is 6.53. The van der Waals surface area contributed by atoms with Crippen LogP contribution in [0.3, 0.4) is 0 Å². The van der Waals surface area contributed by atoms with E-state index in [-0.39, 0.29) is 16.6 Å². The van der Waals surface area contributed by atoms with Crippen molar-refractivity contribution in [3.63, 3.8) is 0 Å². The van der Waals surface area contributed by atoms with Gasteiger partial charge in [0.2, 0.25) is 5.91 Å². The third kappa shape index (κ3) is 5.17. The number of nitrogens with one attached hydrogen (secondary N) is 2. The van der Waals surface area contributed by atoms with E-state index in [1.165, 1.54) is 20.1 Å². The van der Waals surface area contributed by atoms with E-state index in [0.29, 0.717) is 28.4 Å². The van der Waals surface area contributed by atoms with Gasteiger partial charge >= 0.3 is 0 Å². The highest BCUT2D eigenvalue weighted by atomic mass is 32.2. The average Bonchev–Trinajstić information content (AvgIpc) is 3.07. The van der Waals surface area contributed by atoms with Gasteiger partial charge in [-0.05, 0) is 67.8 Å². The van der Waals surface area contributed by atoms with Gasteiger partial charge in [-0.1, -0.05) is 23.4 Å². The van der Waals surface area contributed by atoms with Crippen LogP contribution in [0.1, 0.15) is 35.1 Å². The molecule has 2 N–H and O–H groups in total. The quantitative estimate of drug-likeness (QED) is 0.541. The van der Waals surface area contributed by atoms with E-state index in [1.54, 1.807) is 43.3 Å². The van der Waals surface area contributed by atoms with Gasteiger partial charge in [-0.15, -0.1) is 0 Å². The van der Waals surface area contributed by atoms with Crippen LogP contribution in [-0.2, 0) is 14.8 Å². The molecule has 0 aliphatic carbocycles. The van der Waals surface area contributed by atoms with Crippen LogP contribution >= 0.6 is 0 Å². The number of amides is 1. The molecule has 168 valence electrons. The molecule has 0 unspecified atom stereocenters. The van der Waals surface area contributed by atoms with E-state index in [0.717, 1.165) is 11.1 Å². The number of ether oxygens (including phenoxy) is 1. The van der Waals surface area contributed by atoms with Crippen molar-refractivity contribution in [2.24, 2.45) is 0 Å². The van der Waals surface area contributed by atoms with Gasteiger partial charge in [0.05, 0.1) is 7.11 Å². The Morgan fingerprint density at radius 3 is 2.47 bits per heavy atom. The van der Waals surface area contributed by atoms with Crippen LogP contribution < -0.4 is 14.8 Å². The highest BCUT2D eigenvalue weighted by Gasteiger charge is 2.20. The molecule has 32 heavy (non-hydrogen) atoms. The highest BCUT2D eigenvalue weighted by Crippen LogP contribution is 2.29. The van der Waals surface area contributed by atoms with E-state index < -0.39 is 10.0 Å². The molecule has 0 atom stereocenters. The Balaban J connectivity index is 1.94. The number of aromatic nitrogens is 1. The van der Waals surface area contributed by atoms with Gasteiger partial charge in [0.1, 0.15) is 22.0 Å². The molecular formula is C23H25N3O5S. The van der Waals surface area contributed by atoms with E-state index in [9.17, 15) is 13.2 Å². The number of aryl methyl sites for hydroxylation is 3. The molecule has 8 nitrogen and oxygen atoms in total. The maximum atomic E-state index is 13.1. The molecule has 9 heteroatoms. The number of anilines is 2. The largest absolute Gasteiger partial charge is 0.495 e. The van der Waals surface area contributed by atoms with Crippen LogP contribution in [0.25, 0.3) is 12.2 Å². The minimum atomic E-state index is -3.91. The van der Waals surface area contributed by atoms with Crippen LogP contribution in [0, 0.1) is 20.8 Å². The first kappa shape index (κ1) is 23.1. The summed E-state index contributed by atoms with van der Waals surface area (Å²) in [6, 6.07) is 10.1. The molecule has 0 bridgehead atoms. The van der Waals surface area contributed by atoms with Gasteiger partial charge in [0.15, 0.2) is 5.76 Å². The zero-order valence-electron chi connectivity index (χ0n) is 18.5. The average molecular weight is 456 g/mol. The molecule has 0 saturated heterocycles. The maximum Gasteiger partial charge on any atom is 0.265 e. The first-order valence-electron chi connectivity index (χ1n) is 9.81. The highest BCUT2D eigenvalue weighted by molar-refractivity contribution is 7.92. The van der Waals surface area contributed by atoms with E-state index in [4.69, 9.17) is 9.26 Å². The summed E-state index contributed by atoms with van der Waals surface area (Å²) in [5.41, 5.74) is 4.11. The molecule has 0 saturated carbocycles. The number of methoxy groups -OCH3 is 1. The number of benzene rings is 2. The second kappa shape index (κ2) is 9.27. The summed E-state index contributed by atoms with van der Waals surface area (Å²) in [6.45, 7) is 6.98. The summed E-state index contributed by atoms with van der Waals surface area (Å²) in [6.07, 6.45) is 3.28. The second-order valence-electron chi connectivity index (χ2n) is 7.34.